The Morgan fingerprint density at radius 1 is 1.04 bits per heavy atom. The maximum Gasteiger partial charge on any atom is 0.277 e. The molecule has 2 rings (SSSR count). The molecule has 120 valence electrons. The lowest BCUT2D eigenvalue weighted by molar-refractivity contribution is -0.123. The van der Waals surface area contributed by atoms with Gasteiger partial charge in [0.15, 0.2) is 6.61 Å². The van der Waals surface area contributed by atoms with E-state index in [9.17, 15) is 4.79 Å². The molecule has 0 heterocycles. The van der Waals surface area contributed by atoms with E-state index >= 15 is 0 Å². The van der Waals surface area contributed by atoms with E-state index in [0.29, 0.717) is 5.75 Å². The summed E-state index contributed by atoms with van der Waals surface area (Å²) in [7, 11) is 0. The third-order valence-electron chi connectivity index (χ3n) is 3.46. The van der Waals surface area contributed by atoms with Crippen LogP contribution in [0.15, 0.2) is 59.7 Å². The number of carbonyl (C=O) groups is 1. The molecular weight excluding hydrogens is 288 g/mol. The van der Waals surface area contributed by atoms with Crippen molar-refractivity contribution < 1.29 is 9.53 Å². The summed E-state index contributed by atoms with van der Waals surface area (Å²) in [4.78, 5) is 11.8. The zero-order valence-corrected chi connectivity index (χ0v) is 13.6. The smallest absolute Gasteiger partial charge is 0.277 e. The maximum absolute atomic E-state index is 11.8. The standard InChI is InChI=1S/C19H22N2O2/c1-3-15-10-12-17(13-11-15)23-14-19(22)21-20-18(4-2)16-8-6-5-7-9-16/h5-13H,3-4,14H2,1-2H3,(H,21,22). The van der Waals surface area contributed by atoms with Gasteiger partial charge >= 0.3 is 0 Å². The van der Waals surface area contributed by atoms with Crippen LogP contribution in [0.4, 0.5) is 0 Å². The topological polar surface area (TPSA) is 50.7 Å². The summed E-state index contributed by atoms with van der Waals surface area (Å²) in [5, 5.41) is 4.19. The third kappa shape index (κ3) is 5.25. The molecule has 23 heavy (non-hydrogen) atoms. The van der Waals surface area contributed by atoms with Crippen molar-refractivity contribution in [2.45, 2.75) is 26.7 Å². The summed E-state index contributed by atoms with van der Waals surface area (Å²) in [6.07, 6.45) is 1.72. The molecule has 0 spiro atoms. The number of amides is 1. The zero-order valence-electron chi connectivity index (χ0n) is 13.6. The van der Waals surface area contributed by atoms with E-state index in [1.165, 1.54) is 5.56 Å². The molecule has 2 aromatic carbocycles. The average Bonchev–Trinajstić information content (AvgIpc) is 2.62. The fraction of sp³-hybridized carbons (Fsp3) is 0.263. The van der Waals surface area contributed by atoms with Gasteiger partial charge in [-0.2, -0.15) is 5.10 Å². The first kappa shape index (κ1) is 16.7. The van der Waals surface area contributed by atoms with Crippen LogP contribution < -0.4 is 10.2 Å². The quantitative estimate of drug-likeness (QED) is 0.628. The predicted octanol–water partition coefficient (Wildman–Crippen LogP) is 3.56. The number of ether oxygens (including phenoxy) is 1. The molecule has 1 amide bonds. The molecule has 2 aromatic rings. The highest BCUT2D eigenvalue weighted by atomic mass is 16.5. The van der Waals surface area contributed by atoms with Crippen molar-refractivity contribution in [2.75, 3.05) is 6.61 Å². The van der Waals surface area contributed by atoms with Crippen LogP contribution >= 0.6 is 0 Å². The number of hydrogen-bond acceptors (Lipinski definition) is 3. The second-order valence-electron chi connectivity index (χ2n) is 5.10. The Morgan fingerprint density at radius 2 is 1.74 bits per heavy atom. The number of hydrogen-bond donors (Lipinski definition) is 1. The lowest BCUT2D eigenvalue weighted by Crippen LogP contribution is -2.26. The van der Waals surface area contributed by atoms with E-state index in [1.807, 2.05) is 61.5 Å². The number of hydrazone groups is 1. The van der Waals surface area contributed by atoms with E-state index in [2.05, 4.69) is 17.5 Å². The minimum Gasteiger partial charge on any atom is -0.484 e. The van der Waals surface area contributed by atoms with Gasteiger partial charge < -0.3 is 4.74 Å². The molecule has 0 aliphatic heterocycles. The zero-order chi connectivity index (χ0) is 16.5. The van der Waals surface area contributed by atoms with Crippen molar-refractivity contribution in [1.82, 2.24) is 5.43 Å². The minimum absolute atomic E-state index is 0.0548. The van der Waals surface area contributed by atoms with Crippen LogP contribution in [-0.2, 0) is 11.2 Å². The molecule has 0 radical (unpaired) electrons. The molecule has 0 unspecified atom stereocenters. The highest BCUT2D eigenvalue weighted by molar-refractivity contribution is 6.00. The van der Waals surface area contributed by atoms with Gasteiger partial charge in [0.1, 0.15) is 5.75 Å². The maximum atomic E-state index is 11.8. The highest BCUT2D eigenvalue weighted by Gasteiger charge is 2.04. The highest BCUT2D eigenvalue weighted by Crippen LogP contribution is 2.12. The molecule has 0 aliphatic carbocycles. The summed E-state index contributed by atoms with van der Waals surface area (Å²) in [5.41, 5.74) is 5.63. The lowest BCUT2D eigenvalue weighted by Gasteiger charge is -2.07. The van der Waals surface area contributed by atoms with Gasteiger partial charge in [-0.1, -0.05) is 56.3 Å². The molecule has 0 aliphatic rings. The van der Waals surface area contributed by atoms with Gasteiger partial charge in [-0.3, -0.25) is 4.79 Å². The van der Waals surface area contributed by atoms with Crippen molar-refractivity contribution >= 4 is 11.6 Å². The van der Waals surface area contributed by atoms with Crippen molar-refractivity contribution in [1.29, 1.82) is 0 Å². The van der Waals surface area contributed by atoms with Crippen molar-refractivity contribution in [3.05, 3.63) is 65.7 Å². The van der Waals surface area contributed by atoms with Crippen LogP contribution in [0.3, 0.4) is 0 Å². The van der Waals surface area contributed by atoms with Gasteiger partial charge in [0.2, 0.25) is 0 Å². The second-order valence-corrected chi connectivity index (χ2v) is 5.10. The first-order valence-corrected chi connectivity index (χ1v) is 7.85. The van der Waals surface area contributed by atoms with Crippen LogP contribution in [0.5, 0.6) is 5.75 Å². The van der Waals surface area contributed by atoms with Crippen molar-refractivity contribution in [2.24, 2.45) is 5.10 Å². The SMILES string of the molecule is CCC(=NNC(=O)COc1ccc(CC)cc1)c1ccccc1. The number of aryl methyl sites for hydroxylation is 1. The molecule has 1 N–H and O–H groups in total. The molecule has 4 heteroatoms. The molecule has 0 bridgehead atoms. The Bertz CT molecular complexity index is 649. The number of nitrogens with one attached hydrogen (secondary N) is 1. The average molecular weight is 310 g/mol. The van der Waals surface area contributed by atoms with E-state index in [4.69, 9.17) is 4.74 Å². The van der Waals surface area contributed by atoms with Crippen molar-refractivity contribution in [3.63, 3.8) is 0 Å². The number of rotatable bonds is 7. The number of carbonyl (C=O) groups excluding carboxylic acids is 1. The lowest BCUT2D eigenvalue weighted by atomic mass is 10.1. The van der Waals surface area contributed by atoms with Crippen LogP contribution in [0.2, 0.25) is 0 Å². The van der Waals surface area contributed by atoms with E-state index in [0.717, 1.165) is 24.1 Å². The van der Waals surface area contributed by atoms with Gasteiger partial charge in [0.25, 0.3) is 5.91 Å². The summed E-state index contributed by atoms with van der Waals surface area (Å²) in [5.74, 6) is 0.409. The molecule has 4 nitrogen and oxygen atoms in total. The van der Waals surface area contributed by atoms with E-state index < -0.39 is 0 Å². The fourth-order valence-electron chi connectivity index (χ4n) is 2.11. The van der Waals surface area contributed by atoms with Gasteiger partial charge in [0.05, 0.1) is 5.71 Å². The molecule has 0 aromatic heterocycles. The third-order valence-corrected chi connectivity index (χ3v) is 3.46. The number of benzene rings is 2. The Balaban J connectivity index is 1.87. The summed E-state index contributed by atoms with van der Waals surface area (Å²) in [6, 6.07) is 17.5. The Kier molecular flexibility index (Phi) is 6.36. The largest absolute Gasteiger partial charge is 0.484 e. The van der Waals surface area contributed by atoms with E-state index in [1.54, 1.807) is 0 Å². The monoisotopic (exact) mass is 310 g/mol. The first-order valence-electron chi connectivity index (χ1n) is 7.85. The molecule has 0 atom stereocenters. The summed E-state index contributed by atoms with van der Waals surface area (Å²) < 4.78 is 5.46. The van der Waals surface area contributed by atoms with E-state index in [-0.39, 0.29) is 12.5 Å². The summed E-state index contributed by atoms with van der Waals surface area (Å²) in [6.45, 7) is 4.05. The first-order chi connectivity index (χ1) is 11.2. The molecule has 0 fully saturated rings. The van der Waals surface area contributed by atoms with Crippen molar-refractivity contribution in [3.8, 4) is 5.75 Å². The van der Waals surface area contributed by atoms with Crippen LogP contribution in [0.1, 0.15) is 31.4 Å². The minimum atomic E-state index is -0.272. The Morgan fingerprint density at radius 3 is 2.35 bits per heavy atom. The molecule has 0 saturated heterocycles. The predicted molar refractivity (Wildman–Crippen MR) is 92.7 cm³/mol. The summed E-state index contributed by atoms with van der Waals surface area (Å²) >= 11 is 0. The number of nitrogens with zero attached hydrogens (tertiary/aromatic N) is 1. The molecule has 0 saturated carbocycles. The van der Waals surface area contributed by atoms with Gasteiger partial charge in [-0.05, 0) is 36.1 Å². The van der Waals surface area contributed by atoms with Crippen LogP contribution in [-0.4, -0.2) is 18.2 Å². The van der Waals surface area contributed by atoms with Gasteiger partial charge in [0, 0.05) is 0 Å². The second kappa shape index (κ2) is 8.73. The van der Waals surface area contributed by atoms with Gasteiger partial charge in [-0.15, -0.1) is 0 Å². The Labute approximate surface area is 137 Å². The van der Waals surface area contributed by atoms with Crippen LogP contribution in [0, 0.1) is 0 Å². The van der Waals surface area contributed by atoms with Crippen LogP contribution in [0.25, 0.3) is 0 Å². The normalized spacial score (nSPS) is 11.1. The Hall–Kier alpha value is -2.62. The van der Waals surface area contributed by atoms with Gasteiger partial charge in [-0.25, -0.2) is 5.43 Å². The fourth-order valence-corrected chi connectivity index (χ4v) is 2.11. The molecular formula is C19H22N2O2.